The summed E-state index contributed by atoms with van der Waals surface area (Å²) in [4.78, 5) is 12.0. The van der Waals surface area contributed by atoms with E-state index in [0.29, 0.717) is 18.9 Å². The number of nitrogens with one attached hydrogen (secondary N) is 1. The zero-order valence-electron chi connectivity index (χ0n) is 11.6. The molecule has 4 nitrogen and oxygen atoms in total. The number of benzene rings is 1. The number of carbonyl (C=O) groups is 1. The summed E-state index contributed by atoms with van der Waals surface area (Å²) in [7, 11) is 0. The molecule has 0 aliphatic heterocycles. The van der Waals surface area contributed by atoms with Crippen molar-refractivity contribution in [2.45, 2.75) is 38.3 Å². The highest BCUT2D eigenvalue weighted by molar-refractivity contribution is 5.81. The monoisotopic (exact) mass is 280 g/mol. The molecule has 2 unspecified atom stereocenters. The van der Waals surface area contributed by atoms with Crippen LogP contribution >= 0.6 is 0 Å². The van der Waals surface area contributed by atoms with Crippen LogP contribution in [0.5, 0.6) is 5.75 Å². The topological polar surface area (TPSA) is 64.3 Å². The van der Waals surface area contributed by atoms with E-state index < -0.39 is 11.9 Å². The Balaban J connectivity index is 1.86. The van der Waals surface area contributed by atoms with Crippen LogP contribution in [0.1, 0.15) is 26.2 Å². The molecule has 0 radical (unpaired) electrons. The molecule has 1 saturated carbocycles. The van der Waals surface area contributed by atoms with Gasteiger partial charge < -0.3 is 15.8 Å². The fourth-order valence-corrected chi connectivity index (χ4v) is 2.04. The van der Waals surface area contributed by atoms with Gasteiger partial charge in [0.25, 0.3) is 5.91 Å². The Hall–Kier alpha value is -1.62. The summed E-state index contributed by atoms with van der Waals surface area (Å²) in [5, 5.41) is 2.78. The molecule has 2 rings (SSSR count). The molecule has 0 saturated heterocycles. The van der Waals surface area contributed by atoms with Crippen LogP contribution in [0.3, 0.4) is 0 Å². The minimum atomic E-state index is -0.696. The third kappa shape index (κ3) is 3.93. The number of amides is 1. The van der Waals surface area contributed by atoms with E-state index in [0.717, 1.165) is 12.8 Å². The molecule has 1 fully saturated rings. The van der Waals surface area contributed by atoms with Crippen molar-refractivity contribution in [2.75, 3.05) is 6.54 Å². The maximum atomic E-state index is 13.5. The van der Waals surface area contributed by atoms with Crippen LogP contribution in [0.4, 0.5) is 4.39 Å². The number of carbonyl (C=O) groups excluding carboxylic acids is 1. The summed E-state index contributed by atoms with van der Waals surface area (Å²) in [5.74, 6) is -0.0795. The lowest BCUT2D eigenvalue weighted by Crippen LogP contribution is -2.44. The second-order valence-electron chi connectivity index (χ2n) is 5.19. The highest BCUT2D eigenvalue weighted by Crippen LogP contribution is 2.31. The van der Waals surface area contributed by atoms with E-state index >= 15 is 0 Å². The Morgan fingerprint density at radius 2 is 2.20 bits per heavy atom. The van der Waals surface area contributed by atoms with Crippen molar-refractivity contribution >= 4 is 5.91 Å². The van der Waals surface area contributed by atoms with Crippen LogP contribution < -0.4 is 15.8 Å². The van der Waals surface area contributed by atoms with Gasteiger partial charge in [-0.2, -0.15) is 0 Å². The SMILES string of the molecule is CCC(Oc1ccccc1F)C(=O)NCC(N)C1CC1. The number of nitrogens with two attached hydrogens (primary N) is 1. The van der Waals surface area contributed by atoms with Gasteiger partial charge in [-0.25, -0.2) is 4.39 Å². The Bertz CT molecular complexity index is 463. The maximum Gasteiger partial charge on any atom is 0.261 e. The van der Waals surface area contributed by atoms with Crippen LogP contribution in [-0.2, 0) is 4.79 Å². The van der Waals surface area contributed by atoms with E-state index in [9.17, 15) is 9.18 Å². The molecule has 1 aliphatic rings. The highest BCUT2D eigenvalue weighted by Gasteiger charge is 2.29. The molecule has 1 aromatic rings. The van der Waals surface area contributed by atoms with Gasteiger partial charge in [-0.1, -0.05) is 19.1 Å². The fourth-order valence-electron chi connectivity index (χ4n) is 2.04. The molecule has 0 spiro atoms. The van der Waals surface area contributed by atoms with Gasteiger partial charge in [-0.05, 0) is 37.3 Å². The van der Waals surface area contributed by atoms with Crippen LogP contribution in [0.25, 0.3) is 0 Å². The van der Waals surface area contributed by atoms with Gasteiger partial charge in [0.1, 0.15) is 0 Å². The minimum absolute atomic E-state index is 0.00455. The molecule has 20 heavy (non-hydrogen) atoms. The first kappa shape index (κ1) is 14.8. The maximum absolute atomic E-state index is 13.5. The number of rotatable bonds is 7. The molecular weight excluding hydrogens is 259 g/mol. The summed E-state index contributed by atoms with van der Waals surface area (Å²) < 4.78 is 18.9. The smallest absolute Gasteiger partial charge is 0.261 e. The molecule has 110 valence electrons. The van der Waals surface area contributed by atoms with E-state index in [4.69, 9.17) is 10.5 Å². The van der Waals surface area contributed by atoms with E-state index in [-0.39, 0.29) is 17.7 Å². The van der Waals surface area contributed by atoms with E-state index in [2.05, 4.69) is 5.32 Å². The molecule has 1 amide bonds. The lowest BCUT2D eigenvalue weighted by molar-refractivity contribution is -0.128. The quantitative estimate of drug-likeness (QED) is 0.801. The standard InChI is InChI=1S/C15H21FN2O2/c1-2-13(20-14-6-4-3-5-11(14)16)15(19)18-9-12(17)10-7-8-10/h3-6,10,12-13H,2,7-9,17H2,1H3,(H,18,19). The van der Waals surface area contributed by atoms with Gasteiger partial charge in [0.2, 0.25) is 0 Å². The fraction of sp³-hybridized carbons (Fsp3) is 0.533. The lowest BCUT2D eigenvalue weighted by atomic mass is 10.2. The number of ether oxygens (including phenoxy) is 1. The molecule has 2 atom stereocenters. The first-order chi connectivity index (χ1) is 9.61. The van der Waals surface area contributed by atoms with Gasteiger partial charge >= 0.3 is 0 Å². The Labute approximate surface area is 118 Å². The van der Waals surface area contributed by atoms with Gasteiger partial charge in [0, 0.05) is 12.6 Å². The van der Waals surface area contributed by atoms with E-state index in [1.165, 1.54) is 12.1 Å². The van der Waals surface area contributed by atoms with Gasteiger partial charge in [-0.3, -0.25) is 4.79 Å². The minimum Gasteiger partial charge on any atom is -0.478 e. The molecule has 3 N–H and O–H groups in total. The number of hydrogen-bond acceptors (Lipinski definition) is 3. The van der Waals surface area contributed by atoms with Crippen LogP contribution in [-0.4, -0.2) is 24.6 Å². The van der Waals surface area contributed by atoms with E-state index in [1.807, 2.05) is 6.92 Å². The number of para-hydroxylation sites is 1. The first-order valence-electron chi connectivity index (χ1n) is 7.06. The molecule has 1 aliphatic carbocycles. The highest BCUT2D eigenvalue weighted by atomic mass is 19.1. The normalized spacial score (nSPS) is 17.4. The zero-order chi connectivity index (χ0) is 14.5. The predicted octanol–water partition coefficient (Wildman–Crippen LogP) is 1.84. The first-order valence-corrected chi connectivity index (χ1v) is 7.06. The van der Waals surface area contributed by atoms with Crippen molar-refractivity contribution in [3.05, 3.63) is 30.1 Å². The largest absolute Gasteiger partial charge is 0.478 e. The van der Waals surface area contributed by atoms with Crippen molar-refractivity contribution < 1.29 is 13.9 Å². The molecule has 0 aromatic heterocycles. The Morgan fingerprint density at radius 3 is 2.80 bits per heavy atom. The number of hydrogen-bond donors (Lipinski definition) is 2. The third-order valence-corrected chi connectivity index (χ3v) is 3.51. The summed E-state index contributed by atoms with van der Waals surface area (Å²) in [6.45, 7) is 2.27. The molecule has 0 heterocycles. The zero-order valence-corrected chi connectivity index (χ0v) is 11.6. The Kier molecular flexibility index (Phi) is 4.95. The molecule has 5 heteroatoms. The predicted molar refractivity (Wildman–Crippen MR) is 74.8 cm³/mol. The van der Waals surface area contributed by atoms with Crippen molar-refractivity contribution in [1.29, 1.82) is 0 Å². The summed E-state index contributed by atoms with van der Waals surface area (Å²) >= 11 is 0. The summed E-state index contributed by atoms with van der Waals surface area (Å²) in [5.41, 5.74) is 5.93. The second-order valence-corrected chi connectivity index (χ2v) is 5.19. The van der Waals surface area contributed by atoms with Crippen molar-refractivity contribution in [1.82, 2.24) is 5.32 Å². The molecule has 0 bridgehead atoms. The van der Waals surface area contributed by atoms with Crippen LogP contribution in [0.2, 0.25) is 0 Å². The van der Waals surface area contributed by atoms with Crippen molar-refractivity contribution in [2.24, 2.45) is 11.7 Å². The van der Waals surface area contributed by atoms with Crippen molar-refractivity contribution in [3.63, 3.8) is 0 Å². The molecule has 1 aromatic carbocycles. The van der Waals surface area contributed by atoms with E-state index in [1.54, 1.807) is 12.1 Å². The van der Waals surface area contributed by atoms with Crippen LogP contribution in [0.15, 0.2) is 24.3 Å². The lowest BCUT2D eigenvalue weighted by Gasteiger charge is -2.19. The molecular formula is C15H21FN2O2. The van der Waals surface area contributed by atoms with Gasteiger partial charge in [-0.15, -0.1) is 0 Å². The average Bonchev–Trinajstić information content (AvgIpc) is 3.28. The second kappa shape index (κ2) is 6.70. The summed E-state index contributed by atoms with van der Waals surface area (Å²) in [6.07, 6.45) is 2.05. The van der Waals surface area contributed by atoms with Crippen molar-refractivity contribution in [3.8, 4) is 5.75 Å². The average molecular weight is 280 g/mol. The van der Waals surface area contributed by atoms with Crippen LogP contribution in [0, 0.1) is 11.7 Å². The van der Waals surface area contributed by atoms with Gasteiger partial charge in [0.15, 0.2) is 17.7 Å². The third-order valence-electron chi connectivity index (χ3n) is 3.51. The Morgan fingerprint density at radius 1 is 1.50 bits per heavy atom. The number of halogens is 1. The van der Waals surface area contributed by atoms with Gasteiger partial charge in [0.05, 0.1) is 0 Å². The summed E-state index contributed by atoms with van der Waals surface area (Å²) in [6, 6.07) is 6.08.